The summed E-state index contributed by atoms with van der Waals surface area (Å²) in [4.78, 5) is 12.4. The standard InChI is InChI=1S/C12H18O7S2/c1-20(14,15)18-11-7-3-6-4-8(10(7)13)12(9(11)5-6)19-21(2,16)17/h6-9,11-12H,3-5H2,1-2H3/t6?,7-,8+,9?,11+,12-. The van der Waals surface area contributed by atoms with Crippen molar-refractivity contribution in [3.8, 4) is 0 Å². The van der Waals surface area contributed by atoms with Crippen LogP contribution in [-0.4, -0.2) is 47.3 Å². The molecule has 0 amide bonds. The van der Waals surface area contributed by atoms with Crippen molar-refractivity contribution in [2.75, 3.05) is 12.5 Å². The summed E-state index contributed by atoms with van der Waals surface area (Å²) in [7, 11) is -7.43. The van der Waals surface area contributed by atoms with Crippen LogP contribution in [0.5, 0.6) is 0 Å². The van der Waals surface area contributed by atoms with Crippen LogP contribution in [0.1, 0.15) is 19.3 Å². The first-order valence-corrected chi connectivity index (χ1v) is 10.5. The summed E-state index contributed by atoms with van der Waals surface area (Å²) < 4.78 is 55.9. The van der Waals surface area contributed by atoms with Crippen LogP contribution >= 0.6 is 0 Å². The lowest BCUT2D eigenvalue weighted by Crippen LogP contribution is -2.62. The number of hydrogen-bond acceptors (Lipinski definition) is 7. The van der Waals surface area contributed by atoms with Gasteiger partial charge in [-0.2, -0.15) is 16.8 Å². The van der Waals surface area contributed by atoms with Crippen molar-refractivity contribution < 1.29 is 30.0 Å². The van der Waals surface area contributed by atoms with E-state index in [1.54, 1.807) is 0 Å². The van der Waals surface area contributed by atoms with E-state index < -0.39 is 44.3 Å². The Bertz CT molecular complexity index is 612. The molecule has 4 aliphatic rings. The van der Waals surface area contributed by atoms with Crippen LogP contribution in [0, 0.1) is 23.7 Å². The SMILES string of the molecule is CS(=O)(=O)O[C@@H]1C2CC3C[C@@H]1C(=O)[C@H](C3)[C@H]2OS(C)(=O)=O. The van der Waals surface area contributed by atoms with Gasteiger partial charge in [0.1, 0.15) is 5.78 Å². The molecule has 0 aromatic rings. The van der Waals surface area contributed by atoms with E-state index in [2.05, 4.69) is 0 Å². The largest absolute Gasteiger partial charge is 0.299 e. The molecule has 0 spiro atoms. The highest BCUT2D eigenvalue weighted by Gasteiger charge is 2.60. The third kappa shape index (κ3) is 2.88. The topological polar surface area (TPSA) is 104 Å². The molecule has 4 bridgehead atoms. The zero-order valence-electron chi connectivity index (χ0n) is 11.8. The van der Waals surface area contributed by atoms with Crippen LogP contribution in [0.4, 0.5) is 0 Å². The van der Waals surface area contributed by atoms with Crippen molar-refractivity contribution in [1.29, 1.82) is 0 Å². The van der Waals surface area contributed by atoms with Gasteiger partial charge in [-0.25, -0.2) is 0 Å². The molecule has 120 valence electrons. The number of carbonyl (C=O) groups is 1. The molecule has 6 atom stereocenters. The van der Waals surface area contributed by atoms with E-state index in [1.807, 2.05) is 0 Å². The zero-order chi connectivity index (χ0) is 15.6. The van der Waals surface area contributed by atoms with Crippen LogP contribution in [0.3, 0.4) is 0 Å². The summed E-state index contributed by atoms with van der Waals surface area (Å²) >= 11 is 0. The maximum absolute atomic E-state index is 12.4. The Kier molecular flexibility index (Phi) is 3.47. The Morgan fingerprint density at radius 3 is 1.67 bits per heavy atom. The second-order valence-electron chi connectivity index (χ2n) is 6.38. The average Bonchev–Trinajstić information content (AvgIpc) is 2.29. The Balaban J connectivity index is 1.95. The fourth-order valence-electron chi connectivity index (χ4n) is 4.22. The van der Waals surface area contributed by atoms with Crippen LogP contribution in [0.25, 0.3) is 0 Å². The van der Waals surface area contributed by atoms with E-state index in [4.69, 9.17) is 8.37 Å². The maximum atomic E-state index is 12.4. The number of ketones is 1. The third-order valence-corrected chi connectivity index (χ3v) is 5.86. The second kappa shape index (κ2) is 4.74. The van der Waals surface area contributed by atoms with Gasteiger partial charge < -0.3 is 0 Å². The summed E-state index contributed by atoms with van der Waals surface area (Å²) in [6.07, 6.45) is 2.17. The first kappa shape index (κ1) is 15.4. The molecule has 0 aliphatic heterocycles. The van der Waals surface area contributed by atoms with Crippen LogP contribution < -0.4 is 0 Å². The van der Waals surface area contributed by atoms with Gasteiger partial charge in [-0.15, -0.1) is 0 Å². The van der Waals surface area contributed by atoms with Gasteiger partial charge in [-0.1, -0.05) is 0 Å². The quantitative estimate of drug-likeness (QED) is 0.660. The average molecular weight is 338 g/mol. The first-order chi connectivity index (χ1) is 9.55. The molecule has 4 rings (SSSR count). The molecule has 0 aromatic carbocycles. The van der Waals surface area contributed by atoms with Gasteiger partial charge in [0, 0.05) is 17.8 Å². The Hall–Kier alpha value is -0.510. The number of carbonyl (C=O) groups excluding carboxylic acids is 1. The monoisotopic (exact) mass is 338 g/mol. The molecule has 0 N–H and O–H groups in total. The fourth-order valence-corrected chi connectivity index (χ4v) is 5.58. The van der Waals surface area contributed by atoms with E-state index in [9.17, 15) is 21.6 Å². The molecule has 0 heterocycles. The van der Waals surface area contributed by atoms with Gasteiger partial charge >= 0.3 is 0 Å². The molecule has 7 nitrogen and oxygen atoms in total. The van der Waals surface area contributed by atoms with Crippen molar-refractivity contribution in [3.05, 3.63) is 0 Å². The maximum Gasteiger partial charge on any atom is 0.264 e. The number of Topliss-reactive ketones (excluding diaryl/α,β-unsaturated/α-hetero) is 1. The smallest absolute Gasteiger partial charge is 0.264 e. The van der Waals surface area contributed by atoms with Crippen molar-refractivity contribution in [2.24, 2.45) is 23.7 Å². The Morgan fingerprint density at radius 2 is 1.29 bits per heavy atom. The highest BCUT2D eigenvalue weighted by atomic mass is 32.2. The molecule has 0 radical (unpaired) electrons. The minimum atomic E-state index is -3.72. The molecule has 2 unspecified atom stereocenters. The van der Waals surface area contributed by atoms with Crippen LogP contribution in [-0.2, 0) is 33.4 Å². The number of hydrogen-bond donors (Lipinski definition) is 0. The predicted molar refractivity (Wildman–Crippen MR) is 72.3 cm³/mol. The minimum absolute atomic E-state index is 0.121. The van der Waals surface area contributed by atoms with Gasteiger partial charge in [-0.3, -0.25) is 13.2 Å². The zero-order valence-corrected chi connectivity index (χ0v) is 13.4. The van der Waals surface area contributed by atoms with Gasteiger partial charge in [0.2, 0.25) is 0 Å². The first-order valence-electron chi connectivity index (χ1n) is 6.85. The molecule has 9 heteroatoms. The molecule has 21 heavy (non-hydrogen) atoms. The van der Waals surface area contributed by atoms with E-state index in [0.29, 0.717) is 25.2 Å². The molecule has 4 saturated carbocycles. The van der Waals surface area contributed by atoms with Gasteiger partial charge in [0.25, 0.3) is 20.2 Å². The van der Waals surface area contributed by atoms with Gasteiger partial charge in [0.05, 0.1) is 24.7 Å². The summed E-state index contributed by atoms with van der Waals surface area (Å²) in [5.74, 6) is -1.08. The van der Waals surface area contributed by atoms with Crippen LogP contribution in [0.15, 0.2) is 0 Å². The minimum Gasteiger partial charge on any atom is -0.299 e. The van der Waals surface area contributed by atoms with Crippen molar-refractivity contribution in [1.82, 2.24) is 0 Å². The van der Waals surface area contributed by atoms with Crippen molar-refractivity contribution in [3.63, 3.8) is 0 Å². The van der Waals surface area contributed by atoms with E-state index >= 15 is 0 Å². The molecular formula is C12H18O7S2. The highest BCUT2D eigenvalue weighted by Crippen LogP contribution is 2.54. The summed E-state index contributed by atoms with van der Waals surface area (Å²) in [5, 5.41) is 0. The van der Waals surface area contributed by atoms with E-state index in [-0.39, 0.29) is 11.7 Å². The second-order valence-corrected chi connectivity index (χ2v) is 9.58. The number of rotatable bonds is 4. The van der Waals surface area contributed by atoms with Gasteiger partial charge in [0.15, 0.2) is 0 Å². The molecule has 0 aromatic heterocycles. The lowest BCUT2D eigenvalue weighted by atomic mass is 9.53. The normalized spacial score (nSPS) is 42.5. The Labute approximate surface area is 124 Å². The lowest BCUT2D eigenvalue weighted by Gasteiger charge is -2.55. The molecular weight excluding hydrogens is 320 g/mol. The summed E-state index contributed by atoms with van der Waals surface area (Å²) in [6, 6.07) is 0. The lowest BCUT2D eigenvalue weighted by molar-refractivity contribution is -0.168. The highest BCUT2D eigenvalue weighted by molar-refractivity contribution is 7.86. The fraction of sp³-hybridized carbons (Fsp3) is 0.917. The van der Waals surface area contributed by atoms with Crippen molar-refractivity contribution >= 4 is 26.0 Å². The molecule has 0 saturated heterocycles. The predicted octanol–water partition coefficient (Wildman–Crippen LogP) is -0.0790. The van der Waals surface area contributed by atoms with E-state index in [1.165, 1.54) is 0 Å². The third-order valence-electron chi connectivity index (χ3n) is 4.72. The summed E-state index contributed by atoms with van der Waals surface area (Å²) in [6.45, 7) is 0. The van der Waals surface area contributed by atoms with Crippen molar-refractivity contribution in [2.45, 2.75) is 31.5 Å². The van der Waals surface area contributed by atoms with Gasteiger partial charge in [-0.05, 0) is 25.2 Å². The van der Waals surface area contributed by atoms with E-state index in [0.717, 1.165) is 12.5 Å². The van der Waals surface area contributed by atoms with Crippen LogP contribution in [0.2, 0.25) is 0 Å². The molecule has 4 fully saturated rings. The summed E-state index contributed by atoms with van der Waals surface area (Å²) in [5.41, 5.74) is 0. The Morgan fingerprint density at radius 1 is 0.857 bits per heavy atom. The molecule has 4 aliphatic carbocycles.